The molecule has 0 atom stereocenters. The van der Waals surface area contributed by atoms with Crippen LogP contribution in [0.3, 0.4) is 0 Å². The molecule has 1 saturated carbocycles. The van der Waals surface area contributed by atoms with Crippen molar-refractivity contribution in [3.05, 3.63) is 70.7 Å². The molecule has 1 fully saturated rings. The van der Waals surface area contributed by atoms with Crippen molar-refractivity contribution in [3.63, 3.8) is 0 Å². The zero-order valence-electron chi connectivity index (χ0n) is 16.1. The lowest BCUT2D eigenvalue weighted by Gasteiger charge is -2.16. The van der Waals surface area contributed by atoms with Gasteiger partial charge in [0.15, 0.2) is 10.6 Å². The molecule has 2 aromatic carbocycles. The van der Waals surface area contributed by atoms with E-state index < -0.39 is 0 Å². The molecule has 1 aliphatic rings. The largest absolute Gasteiger partial charge is 0.297 e. The average Bonchev–Trinajstić information content (AvgIpc) is 3.48. The van der Waals surface area contributed by atoms with E-state index in [-0.39, 0.29) is 5.82 Å². The van der Waals surface area contributed by atoms with Gasteiger partial charge in [-0.1, -0.05) is 42.5 Å². The number of hydrogen-bond acceptors (Lipinski definition) is 3. The summed E-state index contributed by atoms with van der Waals surface area (Å²) in [7, 11) is 2.08. The maximum Gasteiger partial charge on any atom is 0.199 e. The summed E-state index contributed by atoms with van der Waals surface area (Å²) in [6.45, 7) is 1.55. The summed E-state index contributed by atoms with van der Waals surface area (Å²) < 4.78 is 18.9. The summed E-state index contributed by atoms with van der Waals surface area (Å²) >= 11 is 5.69. The van der Waals surface area contributed by atoms with Crippen molar-refractivity contribution in [2.24, 2.45) is 0 Å². The van der Waals surface area contributed by atoms with E-state index in [1.807, 2.05) is 21.4 Å². The van der Waals surface area contributed by atoms with Gasteiger partial charge in [-0.25, -0.2) is 9.07 Å². The molecule has 0 radical (unpaired) electrons. The molecule has 0 bridgehead atoms. The van der Waals surface area contributed by atoms with Crippen LogP contribution in [0.2, 0.25) is 0 Å². The van der Waals surface area contributed by atoms with Crippen LogP contribution < -0.4 is 0 Å². The number of benzene rings is 2. The van der Waals surface area contributed by atoms with Gasteiger partial charge in [0.05, 0.1) is 12.2 Å². The summed E-state index contributed by atoms with van der Waals surface area (Å²) in [6, 6.07) is 17.7. The van der Waals surface area contributed by atoms with Crippen molar-refractivity contribution in [2.75, 3.05) is 13.6 Å². The first-order chi connectivity index (χ1) is 13.6. The van der Waals surface area contributed by atoms with Gasteiger partial charge >= 0.3 is 0 Å². The van der Waals surface area contributed by atoms with Gasteiger partial charge in [-0.15, -0.1) is 0 Å². The topological polar surface area (TPSA) is 26.0 Å². The van der Waals surface area contributed by atoms with Gasteiger partial charge in [-0.3, -0.25) is 9.47 Å². The van der Waals surface area contributed by atoms with Crippen LogP contribution in [0.1, 0.15) is 30.9 Å². The molecule has 3 aromatic rings. The molecule has 6 heteroatoms. The molecule has 4 nitrogen and oxygen atoms in total. The fourth-order valence-corrected chi connectivity index (χ4v) is 3.83. The second kappa shape index (κ2) is 8.37. The summed E-state index contributed by atoms with van der Waals surface area (Å²) in [6.07, 6.45) is 4.27. The van der Waals surface area contributed by atoms with Crippen molar-refractivity contribution in [1.82, 2.24) is 19.2 Å². The molecule has 0 N–H and O–H groups in total. The molecule has 1 aliphatic carbocycles. The minimum absolute atomic E-state index is 0.257. The molecule has 146 valence electrons. The minimum Gasteiger partial charge on any atom is -0.297 e. The third-order valence-corrected chi connectivity index (χ3v) is 5.53. The Balaban J connectivity index is 1.48. The zero-order chi connectivity index (χ0) is 19.5. The maximum atomic E-state index is 14.4. The third kappa shape index (κ3) is 4.23. The highest BCUT2D eigenvalue weighted by Gasteiger charge is 2.29. The van der Waals surface area contributed by atoms with Gasteiger partial charge in [-0.2, -0.15) is 5.10 Å². The van der Waals surface area contributed by atoms with Gasteiger partial charge in [0.1, 0.15) is 5.82 Å². The lowest BCUT2D eigenvalue weighted by molar-refractivity contribution is 0.249. The lowest BCUT2D eigenvalue weighted by atomic mass is 10.1. The van der Waals surface area contributed by atoms with Crippen molar-refractivity contribution >= 4 is 12.2 Å². The van der Waals surface area contributed by atoms with Crippen molar-refractivity contribution in [3.8, 4) is 11.4 Å². The second-order valence-corrected chi connectivity index (χ2v) is 7.86. The Morgan fingerprint density at radius 2 is 1.82 bits per heavy atom. The van der Waals surface area contributed by atoms with Crippen LogP contribution >= 0.6 is 12.2 Å². The molecular weight excluding hydrogens is 371 g/mol. The standard InChI is InChI=1S/C22H25FN4S/c1-25(15-7-10-17-8-3-2-4-9-17)16-26-22(28)27(18-13-14-18)21(24-26)19-11-5-6-12-20(19)23/h2-6,8-9,11-12,18H,7,10,13-16H2,1H3. The lowest BCUT2D eigenvalue weighted by Crippen LogP contribution is -2.24. The number of aromatic nitrogens is 3. The highest BCUT2D eigenvalue weighted by molar-refractivity contribution is 7.71. The predicted molar refractivity (Wildman–Crippen MR) is 112 cm³/mol. The Hall–Kier alpha value is -2.31. The van der Waals surface area contributed by atoms with Crippen molar-refractivity contribution < 1.29 is 4.39 Å². The van der Waals surface area contributed by atoms with E-state index in [1.165, 1.54) is 11.6 Å². The fraction of sp³-hybridized carbons (Fsp3) is 0.364. The average molecular weight is 397 g/mol. The van der Waals surface area contributed by atoms with E-state index in [0.29, 0.717) is 28.9 Å². The Morgan fingerprint density at radius 3 is 2.54 bits per heavy atom. The zero-order valence-corrected chi connectivity index (χ0v) is 16.9. The number of hydrogen-bond donors (Lipinski definition) is 0. The summed E-state index contributed by atoms with van der Waals surface area (Å²) in [5.74, 6) is 0.385. The van der Waals surface area contributed by atoms with E-state index >= 15 is 0 Å². The van der Waals surface area contributed by atoms with Gasteiger partial charge in [-0.05, 0) is 69.2 Å². The number of rotatable bonds is 8. The third-order valence-electron chi connectivity index (χ3n) is 5.12. The van der Waals surface area contributed by atoms with Gasteiger partial charge in [0.25, 0.3) is 0 Å². The van der Waals surface area contributed by atoms with Crippen molar-refractivity contribution in [1.29, 1.82) is 0 Å². The molecule has 1 heterocycles. The Bertz CT molecular complexity index is 991. The molecular formula is C22H25FN4S. The van der Waals surface area contributed by atoms with E-state index in [1.54, 1.807) is 12.1 Å². The molecule has 0 amide bonds. The summed E-state index contributed by atoms with van der Waals surface area (Å²) in [5, 5.41) is 4.70. The normalized spacial score (nSPS) is 14.0. The first-order valence-electron chi connectivity index (χ1n) is 9.80. The molecule has 0 spiro atoms. The van der Waals surface area contributed by atoms with Crippen LogP contribution in [0.15, 0.2) is 54.6 Å². The first kappa shape index (κ1) is 19.0. The van der Waals surface area contributed by atoms with Crippen LogP contribution in [-0.4, -0.2) is 32.8 Å². The smallest absolute Gasteiger partial charge is 0.199 e. The van der Waals surface area contributed by atoms with Gasteiger partial charge in [0, 0.05) is 6.04 Å². The SMILES string of the molecule is CN(CCCc1ccccc1)Cn1nc(-c2ccccc2F)n(C2CC2)c1=S. The van der Waals surface area contributed by atoms with Crippen LogP contribution in [0.4, 0.5) is 4.39 Å². The quantitative estimate of drug-likeness (QED) is 0.497. The highest BCUT2D eigenvalue weighted by Crippen LogP contribution is 2.39. The Kier molecular flexibility index (Phi) is 5.69. The Labute approximate surface area is 170 Å². The molecule has 28 heavy (non-hydrogen) atoms. The van der Waals surface area contributed by atoms with Crippen LogP contribution in [0.5, 0.6) is 0 Å². The van der Waals surface area contributed by atoms with Crippen molar-refractivity contribution in [2.45, 2.75) is 38.4 Å². The maximum absolute atomic E-state index is 14.4. The molecule has 1 aromatic heterocycles. The van der Waals surface area contributed by atoms with Crippen LogP contribution in [-0.2, 0) is 13.1 Å². The predicted octanol–water partition coefficient (Wildman–Crippen LogP) is 5.08. The molecule has 0 aliphatic heterocycles. The Morgan fingerprint density at radius 1 is 1.11 bits per heavy atom. The van der Waals surface area contributed by atoms with E-state index in [0.717, 1.165) is 32.2 Å². The second-order valence-electron chi connectivity index (χ2n) is 7.50. The van der Waals surface area contributed by atoms with Crippen LogP contribution in [0, 0.1) is 10.6 Å². The molecule has 0 unspecified atom stereocenters. The molecule has 4 rings (SSSR count). The van der Waals surface area contributed by atoms with E-state index in [2.05, 4.69) is 36.2 Å². The minimum atomic E-state index is -0.257. The highest BCUT2D eigenvalue weighted by atomic mass is 32.1. The monoisotopic (exact) mass is 396 g/mol. The van der Waals surface area contributed by atoms with E-state index in [9.17, 15) is 4.39 Å². The van der Waals surface area contributed by atoms with Gasteiger partial charge < -0.3 is 0 Å². The number of halogens is 1. The summed E-state index contributed by atoms with van der Waals surface area (Å²) in [5.41, 5.74) is 1.87. The number of nitrogens with zero attached hydrogens (tertiary/aromatic N) is 4. The van der Waals surface area contributed by atoms with Gasteiger partial charge in [0.2, 0.25) is 0 Å². The molecule has 0 saturated heterocycles. The fourth-order valence-electron chi connectivity index (χ4n) is 3.50. The first-order valence-corrected chi connectivity index (χ1v) is 10.2. The number of aryl methyl sites for hydroxylation is 1. The van der Waals surface area contributed by atoms with Crippen LogP contribution in [0.25, 0.3) is 11.4 Å². The summed E-state index contributed by atoms with van der Waals surface area (Å²) in [4.78, 5) is 2.22. The van der Waals surface area contributed by atoms with E-state index in [4.69, 9.17) is 17.3 Å².